The summed E-state index contributed by atoms with van der Waals surface area (Å²) in [5.41, 5.74) is 1.10. The molecule has 0 radical (unpaired) electrons. The van der Waals surface area contributed by atoms with Gasteiger partial charge in [-0.15, -0.1) is 0 Å². The Hall–Kier alpha value is -0.450. The highest BCUT2D eigenvalue weighted by Crippen LogP contribution is 2.82. The SMILES string of the molecule is CO[C@@H]1C[C@H]2[C@@H]3CC[C@H]([C@H](C)[C@@H](O)[C@@H](O)C(C)=O)[C@@]3(C)CC[C@@H]2[C@@]2(C)CC[C@H]3C[C@]312. The smallest absolute Gasteiger partial charge is 0.160 e. The van der Waals surface area contributed by atoms with Gasteiger partial charge in [0.15, 0.2) is 5.78 Å². The molecule has 0 aromatic rings. The van der Waals surface area contributed by atoms with Crippen LogP contribution in [0.3, 0.4) is 0 Å². The highest BCUT2D eigenvalue weighted by atomic mass is 16.5. The predicted molar refractivity (Wildman–Crippen MR) is 116 cm³/mol. The lowest BCUT2D eigenvalue weighted by Gasteiger charge is -2.61. The number of aliphatic hydroxyl groups is 2. The minimum Gasteiger partial charge on any atom is -0.390 e. The molecule has 5 fully saturated rings. The Bertz CT molecular complexity index is 722. The van der Waals surface area contributed by atoms with Crippen LogP contribution in [0, 0.1) is 51.8 Å². The predicted octanol–water partition coefficient (Wildman–Crippen LogP) is 4.22. The van der Waals surface area contributed by atoms with E-state index in [0.29, 0.717) is 28.8 Å². The molecule has 5 rings (SSSR count). The van der Waals surface area contributed by atoms with Crippen molar-refractivity contribution in [3.05, 3.63) is 0 Å². The molecule has 2 N–H and O–H groups in total. The van der Waals surface area contributed by atoms with Gasteiger partial charge in [-0.3, -0.25) is 4.79 Å². The zero-order valence-corrected chi connectivity index (χ0v) is 19.6. The summed E-state index contributed by atoms with van der Waals surface area (Å²) in [7, 11) is 1.94. The number of carbonyl (C=O) groups excluding carboxylic acids is 1. The molecule has 0 bridgehead atoms. The Kier molecular flexibility index (Phi) is 4.83. The summed E-state index contributed by atoms with van der Waals surface area (Å²) in [6.45, 7) is 8.49. The normalized spacial score (nSPS) is 54.4. The zero-order chi connectivity index (χ0) is 21.6. The molecular formula is C26H42O4. The van der Waals surface area contributed by atoms with Gasteiger partial charge in [0.25, 0.3) is 0 Å². The van der Waals surface area contributed by atoms with Gasteiger partial charge >= 0.3 is 0 Å². The standard InChI is InChI=1S/C26H42O4/c1-14(22(28)23(29)15(2)27)18-6-7-19-17-12-21(30-5)26-13-16(26)8-11-25(26,4)20(17)9-10-24(18,19)3/h14,16-23,28-29H,6-13H2,1-5H3/t14-,16-,17-,18+,19-,20-,21+,22+,23-,24+,25+,26-/m0/s1. The second kappa shape index (κ2) is 6.78. The van der Waals surface area contributed by atoms with Crippen molar-refractivity contribution in [2.24, 2.45) is 51.8 Å². The molecule has 4 nitrogen and oxygen atoms in total. The molecule has 0 heterocycles. The zero-order valence-electron chi connectivity index (χ0n) is 19.6. The van der Waals surface area contributed by atoms with Gasteiger partial charge in [0.1, 0.15) is 6.10 Å². The summed E-state index contributed by atoms with van der Waals surface area (Å²) < 4.78 is 6.21. The van der Waals surface area contributed by atoms with E-state index in [-0.39, 0.29) is 17.1 Å². The molecule has 1 spiro atoms. The Labute approximate surface area is 182 Å². The molecular weight excluding hydrogens is 376 g/mol. The van der Waals surface area contributed by atoms with Crippen LogP contribution in [-0.4, -0.2) is 41.4 Å². The van der Waals surface area contributed by atoms with E-state index in [1.165, 1.54) is 51.9 Å². The Balaban J connectivity index is 1.42. The van der Waals surface area contributed by atoms with Gasteiger partial charge in [-0.2, -0.15) is 0 Å². The molecule has 12 atom stereocenters. The first-order chi connectivity index (χ1) is 14.1. The Morgan fingerprint density at radius 3 is 2.43 bits per heavy atom. The van der Waals surface area contributed by atoms with Gasteiger partial charge in [-0.1, -0.05) is 20.8 Å². The summed E-state index contributed by atoms with van der Waals surface area (Å²) in [4.78, 5) is 11.7. The lowest BCUT2D eigenvalue weighted by Crippen LogP contribution is -2.57. The maximum absolute atomic E-state index is 11.7. The van der Waals surface area contributed by atoms with E-state index in [2.05, 4.69) is 20.8 Å². The quantitative estimate of drug-likeness (QED) is 0.702. The maximum Gasteiger partial charge on any atom is 0.160 e. The fourth-order valence-electron chi connectivity index (χ4n) is 10.2. The van der Waals surface area contributed by atoms with E-state index in [1.807, 2.05) is 7.11 Å². The number of fused-ring (bicyclic) bond motifs is 4. The molecule has 5 aliphatic rings. The van der Waals surface area contributed by atoms with Crippen LogP contribution in [-0.2, 0) is 9.53 Å². The number of rotatable bonds is 5. The van der Waals surface area contributed by atoms with Crippen molar-refractivity contribution in [3.63, 3.8) is 0 Å². The third-order valence-electron chi connectivity index (χ3n) is 11.8. The van der Waals surface area contributed by atoms with Gasteiger partial charge < -0.3 is 14.9 Å². The van der Waals surface area contributed by atoms with Crippen molar-refractivity contribution in [1.29, 1.82) is 0 Å². The molecule has 170 valence electrons. The first kappa shape index (κ1) is 21.4. The third-order valence-corrected chi connectivity index (χ3v) is 11.8. The summed E-state index contributed by atoms with van der Waals surface area (Å²) >= 11 is 0. The minimum absolute atomic E-state index is 0.0570. The molecule has 0 saturated heterocycles. The molecule has 30 heavy (non-hydrogen) atoms. The second-order valence-electron chi connectivity index (χ2n) is 12.4. The van der Waals surface area contributed by atoms with Gasteiger partial charge in [0.2, 0.25) is 0 Å². The fraction of sp³-hybridized carbons (Fsp3) is 0.962. The van der Waals surface area contributed by atoms with Crippen molar-refractivity contribution >= 4 is 5.78 Å². The summed E-state index contributed by atoms with van der Waals surface area (Å²) in [6.07, 6.45) is 8.45. The van der Waals surface area contributed by atoms with Crippen LogP contribution in [0.25, 0.3) is 0 Å². The topological polar surface area (TPSA) is 66.8 Å². The molecule has 5 aliphatic carbocycles. The van der Waals surface area contributed by atoms with Crippen molar-refractivity contribution in [3.8, 4) is 0 Å². The first-order valence-electron chi connectivity index (χ1n) is 12.5. The van der Waals surface area contributed by atoms with Crippen LogP contribution >= 0.6 is 0 Å². The molecule has 0 amide bonds. The van der Waals surface area contributed by atoms with Crippen molar-refractivity contribution < 1.29 is 19.7 Å². The monoisotopic (exact) mass is 418 g/mol. The lowest BCUT2D eigenvalue weighted by atomic mass is 9.45. The molecule has 0 aromatic heterocycles. The average molecular weight is 419 g/mol. The lowest BCUT2D eigenvalue weighted by molar-refractivity contribution is -0.164. The number of hydrogen-bond acceptors (Lipinski definition) is 4. The molecule has 0 aliphatic heterocycles. The van der Waals surface area contributed by atoms with E-state index in [1.54, 1.807) is 0 Å². The van der Waals surface area contributed by atoms with Crippen molar-refractivity contribution in [2.75, 3.05) is 7.11 Å². The van der Waals surface area contributed by atoms with Gasteiger partial charge in [0.05, 0.1) is 12.2 Å². The summed E-state index contributed by atoms with van der Waals surface area (Å²) in [6, 6.07) is 0. The number of carbonyl (C=O) groups is 1. The largest absolute Gasteiger partial charge is 0.390 e. The molecule has 4 heteroatoms. The first-order valence-corrected chi connectivity index (χ1v) is 12.5. The summed E-state index contributed by atoms with van der Waals surface area (Å²) in [5.74, 6) is 3.10. The maximum atomic E-state index is 11.7. The van der Waals surface area contributed by atoms with Crippen molar-refractivity contribution in [2.45, 2.75) is 97.4 Å². The van der Waals surface area contributed by atoms with Crippen LogP contribution in [0.4, 0.5) is 0 Å². The average Bonchev–Trinajstić information content (AvgIpc) is 3.23. The number of hydrogen-bond donors (Lipinski definition) is 2. The highest BCUT2D eigenvalue weighted by molar-refractivity contribution is 5.80. The van der Waals surface area contributed by atoms with Crippen LogP contribution in [0.1, 0.15) is 79.1 Å². The molecule has 0 unspecified atom stereocenters. The van der Waals surface area contributed by atoms with Crippen molar-refractivity contribution in [1.82, 2.24) is 0 Å². The van der Waals surface area contributed by atoms with Gasteiger partial charge in [0, 0.05) is 12.5 Å². The Morgan fingerprint density at radius 2 is 1.80 bits per heavy atom. The van der Waals surface area contributed by atoms with Crippen LogP contribution in [0.2, 0.25) is 0 Å². The highest BCUT2D eigenvalue weighted by Gasteiger charge is 2.77. The minimum atomic E-state index is -1.25. The Morgan fingerprint density at radius 1 is 1.07 bits per heavy atom. The summed E-state index contributed by atoms with van der Waals surface area (Å²) in [5, 5.41) is 21.0. The van der Waals surface area contributed by atoms with Crippen LogP contribution in [0.5, 0.6) is 0 Å². The molecule has 5 saturated carbocycles. The number of Topliss-reactive ketones (excluding diaryl/α,β-unsaturated/α-hetero) is 1. The second-order valence-corrected chi connectivity index (χ2v) is 12.4. The van der Waals surface area contributed by atoms with Gasteiger partial charge in [-0.05, 0) is 105 Å². The van der Waals surface area contributed by atoms with Crippen LogP contribution < -0.4 is 0 Å². The van der Waals surface area contributed by atoms with E-state index in [0.717, 1.165) is 24.2 Å². The number of methoxy groups -OCH3 is 1. The van der Waals surface area contributed by atoms with E-state index in [9.17, 15) is 15.0 Å². The van der Waals surface area contributed by atoms with E-state index in [4.69, 9.17) is 4.74 Å². The van der Waals surface area contributed by atoms with E-state index < -0.39 is 12.2 Å². The third kappa shape index (κ3) is 2.48. The number of ether oxygens (including phenoxy) is 1. The number of ketones is 1. The number of aliphatic hydroxyl groups excluding tert-OH is 2. The fourth-order valence-corrected chi connectivity index (χ4v) is 10.2. The van der Waals surface area contributed by atoms with Gasteiger partial charge in [-0.25, -0.2) is 0 Å². The molecule has 0 aromatic carbocycles. The van der Waals surface area contributed by atoms with Crippen LogP contribution in [0.15, 0.2) is 0 Å². The van der Waals surface area contributed by atoms with E-state index >= 15 is 0 Å².